The van der Waals surface area contributed by atoms with Gasteiger partial charge in [0.2, 0.25) is 5.91 Å². The van der Waals surface area contributed by atoms with E-state index < -0.39 is 51.3 Å². The fourth-order valence-electron chi connectivity index (χ4n) is 4.85. The summed E-state index contributed by atoms with van der Waals surface area (Å²) in [6.07, 6.45) is 1.90. The molecule has 1 unspecified atom stereocenters. The molecule has 214 valence electrons. The fraction of sp³-hybridized carbons (Fsp3) is 0.429. The van der Waals surface area contributed by atoms with Crippen LogP contribution in [0.1, 0.15) is 54.8 Å². The number of Topliss-reactive ketones (excluding diaryl/α,β-unsaturated/α-hetero) is 1. The highest BCUT2D eigenvalue weighted by Gasteiger charge is 2.37. The Balaban J connectivity index is 1.48. The first-order valence-corrected chi connectivity index (χ1v) is 14.6. The van der Waals surface area contributed by atoms with Gasteiger partial charge in [-0.15, -0.1) is 0 Å². The molecule has 0 radical (unpaired) electrons. The maximum absolute atomic E-state index is 13.3. The van der Waals surface area contributed by atoms with Crippen LogP contribution < -0.4 is 15.4 Å². The molecule has 11 nitrogen and oxygen atoms in total. The molecule has 2 amide bonds. The smallest absolute Gasteiger partial charge is 0.323 e. The summed E-state index contributed by atoms with van der Waals surface area (Å²) in [5.74, 6) is -1.41. The second kappa shape index (κ2) is 11.8. The third-order valence-corrected chi connectivity index (χ3v) is 8.79. The van der Waals surface area contributed by atoms with Crippen molar-refractivity contribution in [3.05, 3.63) is 64.7 Å². The lowest BCUT2D eigenvalue weighted by molar-refractivity contribution is -0.646. The van der Waals surface area contributed by atoms with Crippen LogP contribution in [0.5, 0.6) is 0 Å². The normalized spacial score (nSPS) is 17.5. The van der Waals surface area contributed by atoms with E-state index in [1.54, 1.807) is 13.0 Å². The van der Waals surface area contributed by atoms with Gasteiger partial charge in [-0.05, 0) is 57.2 Å². The number of sulfonamides is 1. The van der Waals surface area contributed by atoms with Gasteiger partial charge in [-0.3, -0.25) is 14.4 Å². The zero-order valence-electron chi connectivity index (χ0n) is 23.0. The van der Waals surface area contributed by atoms with Crippen molar-refractivity contribution in [1.29, 1.82) is 0 Å². The number of hydrogen-bond donors (Lipinski definition) is 2. The minimum atomic E-state index is -4.21. The largest absolute Gasteiger partial charge is 0.618 e. The fourth-order valence-corrected chi connectivity index (χ4v) is 6.32. The zero-order valence-corrected chi connectivity index (χ0v) is 23.8. The molecule has 0 bridgehead atoms. The Morgan fingerprint density at radius 1 is 1.20 bits per heavy atom. The third-order valence-electron chi connectivity index (χ3n) is 6.96. The number of benzene rings is 1. The lowest BCUT2D eigenvalue weighted by Crippen LogP contribution is -2.53. The minimum Gasteiger partial charge on any atom is -0.618 e. The van der Waals surface area contributed by atoms with Gasteiger partial charge < -0.3 is 20.3 Å². The van der Waals surface area contributed by atoms with Crippen molar-refractivity contribution in [2.45, 2.75) is 64.1 Å². The first-order valence-electron chi connectivity index (χ1n) is 13.2. The van der Waals surface area contributed by atoms with Crippen molar-refractivity contribution >= 4 is 38.6 Å². The summed E-state index contributed by atoms with van der Waals surface area (Å²) < 4.78 is 33.1. The Bertz CT molecular complexity index is 1550. The quantitative estimate of drug-likeness (QED) is 0.311. The molecule has 3 heterocycles. The van der Waals surface area contributed by atoms with Crippen LogP contribution in [0.25, 0.3) is 11.0 Å². The molecule has 3 aromatic rings. The van der Waals surface area contributed by atoms with Gasteiger partial charge in [0.05, 0.1) is 12.6 Å². The Labute approximate surface area is 233 Å². The van der Waals surface area contributed by atoms with E-state index in [-0.39, 0.29) is 29.4 Å². The van der Waals surface area contributed by atoms with Crippen molar-refractivity contribution in [2.75, 3.05) is 13.1 Å². The van der Waals surface area contributed by atoms with Gasteiger partial charge in [-0.25, -0.2) is 8.42 Å². The van der Waals surface area contributed by atoms with Crippen LogP contribution in [0, 0.1) is 25.0 Å². The molecule has 1 aliphatic rings. The predicted octanol–water partition coefficient (Wildman–Crippen LogP) is 2.37. The maximum atomic E-state index is 13.3. The lowest BCUT2D eigenvalue weighted by Gasteiger charge is -2.23. The summed E-state index contributed by atoms with van der Waals surface area (Å²) in [7, 11) is -4.21. The van der Waals surface area contributed by atoms with Gasteiger partial charge in [0.15, 0.2) is 17.7 Å². The second-order valence-corrected chi connectivity index (χ2v) is 12.5. The number of carbonyl (C=O) groups excluding carboxylic acids is 3. The molecule has 1 aromatic carbocycles. The average Bonchev–Trinajstić information content (AvgIpc) is 3.09. The molecule has 2 aromatic heterocycles. The first-order chi connectivity index (χ1) is 18.9. The van der Waals surface area contributed by atoms with Crippen LogP contribution in [0.3, 0.4) is 0 Å². The standard InChI is InChI=1S/C28H34N4O7S/c1-17(2)14-22(30-28(35)26-19(4)20-15-18(3)10-11-24(20)39-26)27(34)29-21-8-7-12-31(16-23(21)33)40(37,38)25-9-5-6-13-32(25)36/h5-6,9-11,13,15,17,21-22H,7-8,12,14,16H2,1-4H3,(H,29,34)(H,30,35)/t21-,22?/m0/s1. The number of amides is 2. The summed E-state index contributed by atoms with van der Waals surface area (Å²) in [6.45, 7) is 7.08. The van der Waals surface area contributed by atoms with Crippen molar-refractivity contribution < 1.29 is 31.9 Å². The van der Waals surface area contributed by atoms with E-state index in [1.807, 2.05) is 32.9 Å². The number of fused-ring (bicyclic) bond motifs is 1. The van der Waals surface area contributed by atoms with Crippen LogP contribution in [0.4, 0.5) is 0 Å². The summed E-state index contributed by atoms with van der Waals surface area (Å²) in [5, 5.41) is 17.9. The average molecular weight is 571 g/mol. The molecule has 0 saturated carbocycles. The van der Waals surface area contributed by atoms with E-state index in [9.17, 15) is 28.0 Å². The number of carbonyl (C=O) groups is 3. The van der Waals surface area contributed by atoms with Gasteiger partial charge in [-0.1, -0.05) is 25.5 Å². The third kappa shape index (κ3) is 6.18. The highest BCUT2D eigenvalue weighted by molar-refractivity contribution is 7.89. The highest BCUT2D eigenvalue weighted by atomic mass is 32.2. The maximum Gasteiger partial charge on any atom is 0.323 e. The van der Waals surface area contributed by atoms with E-state index in [2.05, 4.69) is 10.6 Å². The molecule has 1 saturated heterocycles. The van der Waals surface area contributed by atoms with E-state index in [0.29, 0.717) is 24.0 Å². The molecule has 4 rings (SSSR count). The molecule has 40 heavy (non-hydrogen) atoms. The number of nitrogens with one attached hydrogen (secondary N) is 2. The number of nitrogens with zero attached hydrogens (tertiary/aromatic N) is 2. The molecule has 0 spiro atoms. The lowest BCUT2D eigenvalue weighted by atomic mass is 10.0. The number of rotatable bonds is 8. The topological polar surface area (TPSA) is 153 Å². The number of furan rings is 1. The minimum absolute atomic E-state index is 0.0201. The van der Waals surface area contributed by atoms with Crippen molar-refractivity contribution in [2.24, 2.45) is 5.92 Å². The molecular formula is C28H34N4O7S. The first kappa shape index (κ1) is 29.2. The van der Waals surface area contributed by atoms with Gasteiger partial charge in [0.1, 0.15) is 11.6 Å². The molecule has 2 N–H and O–H groups in total. The molecule has 2 atom stereocenters. The number of pyridine rings is 1. The van der Waals surface area contributed by atoms with E-state index in [4.69, 9.17) is 4.42 Å². The van der Waals surface area contributed by atoms with Crippen LogP contribution >= 0.6 is 0 Å². The zero-order chi connectivity index (χ0) is 29.2. The monoisotopic (exact) mass is 570 g/mol. The molecule has 12 heteroatoms. The summed E-state index contributed by atoms with van der Waals surface area (Å²) >= 11 is 0. The number of aryl methyl sites for hydroxylation is 2. The Kier molecular flexibility index (Phi) is 8.59. The van der Waals surface area contributed by atoms with Crippen LogP contribution in [0.15, 0.2) is 52.0 Å². The highest BCUT2D eigenvalue weighted by Crippen LogP contribution is 2.26. The molecule has 0 aliphatic carbocycles. The second-order valence-electron chi connectivity index (χ2n) is 10.6. The summed E-state index contributed by atoms with van der Waals surface area (Å²) in [6, 6.07) is 7.75. The summed E-state index contributed by atoms with van der Waals surface area (Å²) in [4.78, 5) is 39.6. The molecule has 1 aliphatic heterocycles. The van der Waals surface area contributed by atoms with E-state index in [1.165, 1.54) is 18.2 Å². The van der Waals surface area contributed by atoms with E-state index >= 15 is 0 Å². The summed E-state index contributed by atoms with van der Waals surface area (Å²) in [5.41, 5.74) is 2.26. The van der Waals surface area contributed by atoms with Crippen molar-refractivity contribution in [1.82, 2.24) is 14.9 Å². The van der Waals surface area contributed by atoms with Crippen molar-refractivity contribution in [3.63, 3.8) is 0 Å². The number of ketones is 1. The molecular weight excluding hydrogens is 536 g/mol. The van der Waals surface area contributed by atoms with Crippen molar-refractivity contribution in [3.8, 4) is 0 Å². The Morgan fingerprint density at radius 3 is 2.65 bits per heavy atom. The molecule has 1 fully saturated rings. The SMILES string of the molecule is Cc1ccc2oc(C(=O)NC(CC(C)C)C(=O)N[C@H]3CCCN(S(=O)(=O)c4cccc[n+]4[O-])CC3=O)c(C)c2c1. The number of hydrogen-bond acceptors (Lipinski definition) is 7. The predicted molar refractivity (Wildman–Crippen MR) is 147 cm³/mol. The van der Waals surface area contributed by atoms with Gasteiger partial charge in [0.25, 0.3) is 5.91 Å². The van der Waals surface area contributed by atoms with E-state index in [0.717, 1.165) is 21.5 Å². The van der Waals surface area contributed by atoms with Gasteiger partial charge in [-0.2, -0.15) is 9.04 Å². The van der Waals surface area contributed by atoms with Gasteiger partial charge in [0, 0.05) is 29.6 Å². The van der Waals surface area contributed by atoms with Gasteiger partial charge >= 0.3 is 15.0 Å². The van der Waals surface area contributed by atoms with Crippen LogP contribution in [-0.2, 0) is 19.6 Å². The van der Waals surface area contributed by atoms with Crippen LogP contribution in [0.2, 0.25) is 0 Å². The Morgan fingerprint density at radius 2 is 1.95 bits per heavy atom. The van der Waals surface area contributed by atoms with Crippen LogP contribution in [-0.4, -0.2) is 55.5 Å². The number of aromatic nitrogens is 1. The Hall–Kier alpha value is -3.77.